The molecule has 1 heterocycles. The molecule has 1 N–H and O–H groups in total. The first-order valence-electron chi connectivity index (χ1n) is 13.9. The van der Waals surface area contributed by atoms with Crippen molar-refractivity contribution in [1.82, 2.24) is 10.2 Å². The van der Waals surface area contributed by atoms with E-state index >= 15 is 0 Å². The van der Waals surface area contributed by atoms with Crippen molar-refractivity contribution in [3.05, 3.63) is 84.4 Å². The number of anilines is 1. The number of carbonyl (C=O) groups excluding carboxylic acids is 2. The zero-order valence-electron chi connectivity index (χ0n) is 23.5. The van der Waals surface area contributed by atoms with Gasteiger partial charge in [-0.3, -0.25) is 13.9 Å². The molecule has 2 amide bonds. The highest BCUT2D eigenvalue weighted by Gasteiger charge is 2.34. The van der Waals surface area contributed by atoms with Gasteiger partial charge in [-0.1, -0.05) is 62.4 Å². The van der Waals surface area contributed by atoms with Gasteiger partial charge in [0.05, 0.1) is 10.6 Å². The Morgan fingerprint density at radius 1 is 0.902 bits per heavy atom. The van der Waals surface area contributed by atoms with E-state index in [1.54, 1.807) is 36.4 Å². The van der Waals surface area contributed by atoms with E-state index in [9.17, 15) is 18.0 Å². The number of nitrogens with zero attached hydrogens (tertiary/aromatic N) is 2. The molecule has 4 rings (SSSR count). The number of carbonyl (C=O) groups is 2. The first kappa shape index (κ1) is 29.9. The maximum absolute atomic E-state index is 14.1. The molecule has 0 saturated heterocycles. The molecule has 0 radical (unpaired) electrons. The molecule has 0 spiro atoms. The Bertz CT molecular complexity index is 1420. The van der Waals surface area contributed by atoms with Crippen LogP contribution in [0.25, 0.3) is 0 Å². The van der Waals surface area contributed by atoms with Crippen LogP contribution in [0.2, 0.25) is 0 Å². The molecule has 218 valence electrons. The lowest BCUT2D eigenvalue weighted by atomic mass is 10.1. The van der Waals surface area contributed by atoms with Crippen molar-refractivity contribution < 1.29 is 27.5 Å². The minimum absolute atomic E-state index is 0.0475. The fraction of sp³-hybridized carbons (Fsp3) is 0.355. The Morgan fingerprint density at radius 3 is 2.22 bits per heavy atom. The van der Waals surface area contributed by atoms with Crippen LogP contribution < -0.4 is 19.1 Å². The highest BCUT2D eigenvalue weighted by Crippen LogP contribution is 2.36. The van der Waals surface area contributed by atoms with Crippen LogP contribution in [0.5, 0.6) is 11.5 Å². The normalized spacial score (nSPS) is 13.2. The molecular weight excluding hydrogens is 542 g/mol. The standard InChI is InChI=1S/C31H37N3O6S/c1-3-18-32-31(36)27(4-2)33(19-17-24-11-7-5-8-12-24)30(35)23-34(41(37,38)26-13-9-6-10-14-26)25-15-16-28-29(22-25)40-21-20-39-28/h5-16,22,27H,3-4,17-21,23H2,1-2H3,(H,32,36)/t27-/m0/s1. The predicted octanol–water partition coefficient (Wildman–Crippen LogP) is 4.03. The van der Waals surface area contributed by atoms with E-state index < -0.39 is 28.5 Å². The first-order chi connectivity index (χ1) is 19.8. The smallest absolute Gasteiger partial charge is 0.264 e. The van der Waals surface area contributed by atoms with E-state index in [2.05, 4.69) is 5.32 Å². The summed E-state index contributed by atoms with van der Waals surface area (Å²) in [4.78, 5) is 28.8. The number of nitrogens with one attached hydrogen (secondary N) is 1. The number of fused-ring (bicyclic) bond motifs is 1. The Hall–Kier alpha value is -4.05. The molecule has 1 aliphatic heterocycles. The van der Waals surface area contributed by atoms with Crippen molar-refractivity contribution in [2.24, 2.45) is 0 Å². The third kappa shape index (κ3) is 7.38. The van der Waals surface area contributed by atoms with E-state index in [-0.39, 0.29) is 23.0 Å². The van der Waals surface area contributed by atoms with Crippen molar-refractivity contribution in [3.63, 3.8) is 0 Å². The Kier molecular flexibility index (Phi) is 10.2. The second kappa shape index (κ2) is 14.0. The van der Waals surface area contributed by atoms with E-state index in [1.807, 2.05) is 44.2 Å². The molecule has 0 fully saturated rings. The van der Waals surface area contributed by atoms with Gasteiger partial charge in [0.15, 0.2) is 11.5 Å². The molecule has 3 aromatic carbocycles. The summed E-state index contributed by atoms with van der Waals surface area (Å²) in [7, 11) is -4.15. The highest BCUT2D eigenvalue weighted by atomic mass is 32.2. The number of benzene rings is 3. The summed E-state index contributed by atoms with van der Waals surface area (Å²) in [5, 5.41) is 2.90. The molecule has 41 heavy (non-hydrogen) atoms. The van der Waals surface area contributed by atoms with Gasteiger partial charge in [-0.15, -0.1) is 0 Å². The van der Waals surface area contributed by atoms with Crippen LogP contribution in [0.4, 0.5) is 5.69 Å². The maximum atomic E-state index is 14.1. The average Bonchev–Trinajstić information content (AvgIpc) is 3.01. The second-order valence-electron chi connectivity index (χ2n) is 9.69. The monoisotopic (exact) mass is 579 g/mol. The summed E-state index contributed by atoms with van der Waals surface area (Å²) in [5.74, 6) is 0.175. The lowest BCUT2D eigenvalue weighted by Gasteiger charge is -2.33. The summed E-state index contributed by atoms with van der Waals surface area (Å²) in [6.45, 7) is 4.77. The first-order valence-corrected chi connectivity index (χ1v) is 15.4. The molecular formula is C31H37N3O6S. The third-order valence-electron chi connectivity index (χ3n) is 6.84. The fourth-order valence-corrected chi connectivity index (χ4v) is 6.12. The van der Waals surface area contributed by atoms with Crippen LogP contribution >= 0.6 is 0 Å². The molecule has 0 unspecified atom stereocenters. The van der Waals surface area contributed by atoms with Gasteiger partial charge in [-0.25, -0.2) is 8.42 Å². The van der Waals surface area contributed by atoms with Gasteiger partial charge >= 0.3 is 0 Å². The SMILES string of the molecule is CCCNC(=O)[C@H](CC)N(CCc1ccccc1)C(=O)CN(c1ccc2c(c1)OCCO2)S(=O)(=O)c1ccccc1. The number of ether oxygens (including phenoxy) is 2. The number of rotatable bonds is 13. The Labute approximate surface area is 242 Å². The molecule has 10 heteroatoms. The summed E-state index contributed by atoms with van der Waals surface area (Å²) in [6.07, 6.45) is 1.65. The van der Waals surface area contributed by atoms with E-state index in [0.717, 1.165) is 16.3 Å². The van der Waals surface area contributed by atoms with Gasteiger partial charge in [-0.05, 0) is 49.1 Å². The van der Waals surface area contributed by atoms with Crippen molar-refractivity contribution in [3.8, 4) is 11.5 Å². The highest BCUT2D eigenvalue weighted by molar-refractivity contribution is 7.92. The molecule has 3 aromatic rings. The quantitative estimate of drug-likeness (QED) is 0.328. The van der Waals surface area contributed by atoms with Crippen molar-refractivity contribution in [1.29, 1.82) is 0 Å². The maximum Gasteiger partial charge on any atom is 0.264 e. The van der Waals surface area contributed by atoms with Crippen LogP contribution in [-0.4, -0.2) is 64.0 Å². The number of sulfonamides is 1. The predicted molar refractivity (Wildman–Crippen MR) is 158 cm³/mol. The summed E-state index contributed by atoms with van der Waals surface area (Å²) in [5.41, 5.74) is 1.27. The molecule has 0 aliphatic carbocycles. The van der Waals surface area contributed by atoms with Gasteiger partial charge in [0.1, 0.15) is 25.8 Å². The molecule has 0 aromatic heterocycles. The summed E-state index contributed by atoms with van der Waals surface area (Å²) >= 11 is 0. The number of amides is 2. The van der Waals surface area contributed by atoms with Crippen LogP contribution in [0, 0.1) is 0 Å². The summed E-state index contributed by atoms with van der Waals surface area (Å²) < 4.78 is 40.3. The van der Waals surface area contributed by atoms with Gasteiger partial charge < -0.3 is 19.7 Å². The minimum atomic E-state index is -4.15. The van der Waals surface area contributed by atoms with Crippen LogP contribution in [-0.2, 0) is 26.0 Å². The van der Waals surface area contributed by atoms with E-state index in [4.69, 9.17) is 9.47 Å². The van der Waals surface area contributed by atoms with Crippen LogP contribution in [0.1, 0.15) is 32.3 Å². The van der Waals surface area contributed by atoms with Crippen molar-refractivity contribution in [2.45, 2.75) is 44.0 Å². The third-order valence-corrected chi connectivity index (χ3v) is 8.63. The largest absolute Gasteiger partial charge is 0.486 e. The average molecular weight is 580 g/mol. The van der Waals surface area contributed by atoms with Gasteiger partial charge in [0.2, 0.25) is 11.8 Å². The Balaban J connectivity index is 1.70. The van der Waals surface area contributed by atoms with Gasteiger partial charge in [-0.2, -0.15) is 0 Å². The number of hydrogen-bond donors (Lipinski definition) is 1. The summed E-state index contributed by atoms with van der Waals surface area (Å²) in [6, 6.07) is 21.7. The topological polar surface area (TPSA) is 105 Å². The second-order valence-corrected chi connectivity index (χ2v) is 11.6. The fourth-order valence-electron chi connectivity index (χ4n) is 4.70. The van der Waals surface area contributed by atoms with Gasteiger partial charge in [0, 0.05) is 19.2 Å². The van der Waals surface area contributed by atoms with Gasteiger partial charge in [0.25, 0.3) is 10.0 Å². The van der Waals surface area contributed by atoms with E-state index in [1.165, 1.54) is 17.0 Å². The van der Waals surface area contributed by atoms with Crippen LogP contribution in [0.3, 0.4) is 0 Å². The molecule has 0 saturated carbocycles. The van der Waals surface area contributed by atoms with Crippen molar-refractivity contribution >= 4 is 27.5 Å². The lowest BCUT2D eigenvalue weighted by molar-refractivity contribution is -0.139. The lowest BCUT2D eigenvalue weighted by Crippen LogP contribution is -2.53. The molecule has 1 atom stereocenters. The zero-order valence-corrected chi connectivity index (χ0v) is 24.3. The molecule has 1 aliphatic rings. The molecule has 9 nitrogen and oxygen atoms in total. The Morgan fingerprint density at radius 2 is 1.56 bits per heavy atom. The zero-order chi connectivity index (χ0) is 29.2. The van der Waals surface area contributed by atoms with Crippen molar-refractivity contribution in [2.75, 3.05) is 37.2 Å². The molecule has 0 bridgehead atoms. The number of hydrogen-bond acceptors (Lipinski definition) is 6. The minimum Gasteiger partial charge on any atom is -0.486 e. The van der Waals surface area contributed by atoms with Crippen LogP contribution in [0.15, 0.2) is 83.8 Å². The van der Waals surface area contributed by atoms with E-state index in [0.29, 0.717) is 44.1 Å².